The molecule has 0 unspecified atom stereocenters. The Morgan fingerprint density at radius 2 is 2.18 bits per heavy atom. The van der Waals surface area contributed by atoms with Gasteiger partial charge in [-0.2, -0.15) is 0 Å². The summed E-state index contributed by atoms with van der Waals surface area (Å²) in [5.41, 5.74) is 1.04. The topological polar surface area (TPSA) is 47.0 Å². The average Bonchev–Trinajstić information content (AvgIpc) is 2.78. The van der Waals surface area contributed by atoms with Crippen molar-refractivity contribution >= 4 is 27.4 Å². The molecule has 1 aliphatic rings. The molecular formula is C12H15N3OS. The number of nitrogens with one attached hydrogen (secondary N) is 1. The fourth-order valence-electron chi connectivity index (χ4n) is 2.11. The van der Waals surface area contributed by atoms with E-state index in [-0.39, 0.29) is 0 Å². The molecule has 0 bridgehead atoms. The predicted octanol–water partition coefficient (Wildman–Crippen LogP) is 2.59. The quantitative estimate of drug-likeness (QED) is 0.888. The molecule has 3 rings (SSSR count). The van der Waals surface area contributed by atoms with Crippen LogP contribution in [0.25, 0.3) is 10.2 Å². The molecular weight excluding hydrogens is 234 g/mol. The number of nitrogens with zero attached hydrogens (tertiary/aromatic N) is 2. The van der Waals surface area contributed by atoms with Crippen molar-refractivity contribution in [3.8, 4) is 0 Å². The van der Waals surface area contributed by atoms with Gasteiger partial charge in [-0.05, 0) is 31.2 Å². The third-order valence-corrected chi connectivity index (χ3v) is 3.89. The third-order valence-electron chi connectivity index (χ3n) is 2.98. The standard InChI is InChI=1S/C12H15N3OS/c1-8-13-10-4-7-17-11(10)12(14-8)15-9-2-5-16-6-3-9/h4,7,9H,2-3,5-6H2,1H3,(H,13,14,15). The first-order valence-electron chi connectivity index (χ1n) is 5.89. The summed E-state index contributed by atoms with van der Waals surface area (Å²) in [5, 5.41) is 5.59. The Morgan fingerprint density at radius 1 is 1.35 bits per heavy atom. The summed E-state index contributed by atoms with van der Waals surface area (Å²) in [7, 11) is 0. The lowest BCUT2D eigenvalue weighted by Crippen LogP contribution is -2.28. The molecule has 0 saturated carbocycles. The zero-order valence-electron chi connectivity index (χ0n) is 9.77. The Morgan fingerprint density at radius 3 is 3.00 bits per heavy atom. The monoisotopic (exact) mass is 249 g/mol. The maximum Gasteiger partial charge on any atom is 0.147 e. The van der Waals surface area contributed by atoms with Gasteiger partial charge < -0.3 is 10.1 Å². The number of aryl methyl sites for hydroxylation is 1. The molecule has 1 N–H and O–H groups in total. The predicted molar refractivity (Wildman–Crippen MR) is 69.6 cm³/mol. The molecule has 4 nitrogen and oxygen atoms in total. The van der Waals surface area contributed by atoms with Gasteiger partial charge in [0.2, 0.25) is 0 Å². The summed E-state index contributed by atoms with van der Waals surface area (Å²) >= 11 is 1.69. The van der Waals surface area contributed by atoms with Crippen LogP contribution in [0.1, 0.15) is 18.7 Å². The van der Waals surface area contributed by atoms with Crippen LogP contribution in [0.4, 0.5) is 5.82 Å². The number of aromatic nitrogens is 2. The van der Waals surface area contributed by atoms with Crippen LogP contribution >= 0.6 is 11.3 Å². The van der Waals surface area contributed by atoms with Crippen molar-refractivity contribution in [2.45, 2.75) is 25.8 Å². The van der Waals surface area contributed by atoms with E-state index in [1.165, 1.54) is 0 Å². The first kappa shape index (κ1) is 10.9. The van der Waals surface area contributed by atoms with Crippen molar-refractivity contribution < 1.29 is 4.74 Å². The van der Waals surface area contributed by atoms with E-state index in [1.54, 1.807) is 11.3 Å². The highest BCUT2D eigenvalue weighted by atomic mass is 32.1. The zero-order chi connectivity index (χ0) is 11.7. The summed E-state index contributed by atoms with van der Waals surface area (Å²) in [6.07, 6.45) is 2.10. The van der Waals surface area contributed by atoms with E-state index in [1.807, 2.05) is 13.0 Å². The number of hydrogen-bond acceptors (Lipinski definition) is 5. The summed E-state index contributed by atoms with van der Waals surface area (Å²) < 4.78 is 6.52. The lowest BCUT2D eigenvalue weighted by atomic mass is 10.1. The highest BCUT2D eigenvalue weighted by Gasteiger charge is 2.16. The van der Waals surface area contributed by atoms with E-state index in [0.717, 1.165) is 47.9 Å². The van der Waals surface area contributed by atoms with Gasteiger partial charge in [0.05, 0.1) is 10.2 Å². The summed E-state index contributed by atoms with van der Waals surface area (Å²) in [5.74, 6) is 1.81. The fourth-order valence-corrected chi connectivity index (χ4v) is 2.90. The Bertz CT molecular complexity index is 519. The Kier molecular flexibility index (Phi) is 2.94. The van der Waals surface area contributed by atoms with Gasteiger partial charge in [-0.15, -0.1) is 11.3 Å². The average molecular weight is 249 g/mol. The van der Waals surface area contributed by atoms with Gasteiger partial charge in [-0.25, -0.2) is 9.97 Å². The van der Waals surface area contributed by atoms with E-state index in [0.29, 0.717) is 6.04 Å². The second-order valence-electron chi connectivity index (χ2n) is 4.29. The lowest BCUT2D eigenvalue weighted by molar-refractivity contribution is 0.0904. The van der Waals surface area contributed by atoms with Gasteiger partial charge in [0, 0.05) is 19.3 Å². The van der Waals surface area contributed by atoms with Crippen LogP contribution in [-0.2, 0) is 4.74 Å². The van der Waals surface area contributed by atoms with Crippen LogP contribution in [-0.4, -0.2) is 29.2 Å². The molecule has 0 aliphatic carbocycles. The molecule has 3 heterocycles. The van der Waals surface area contributed by atoms with E-state index in [2.05, 4.69) is 20.7 Å². The minimum atomic E-state index is 0.475. The van der Waals surface area contributed by atoms with E-state index in [4.69, 9.17) is 4.74 Å². The first-order chi connectivity index (χ1) is 8.33. The van der Waals surface area contributed by atoms with Crippen molar-refractivity contribution in [1.82, 2.24) is 9.97 Å². The van der Waals surface area contributed by atoms with Crippen LogP contribution < -0.4 is 5.32 Å². The highest BCUT2D eigenvalue weighted by molar-refractivity contribution is 7.17. The first-order valence-corrected chi connectivity index (χ1v) is 6.77. The maximum atomic E-state index is 5.36. The number of rotatable bonds is 2. The second-order valence-corrected chi connectivity index (χ2v) is 5.20. The van der Waals surface area contributed by atoms with Crippen molar-refractivity contribution in [3.63, 3.8) is 0 Å². The van der Waals surface area contributed by atoms with Crippen LogP contribution in [0, 0.1) is 6.92 Å². The maximum absolute atomic E-state index is 5.36. The number of hydrogen-bond donors (Lipinski definition) is 1. The van der Waals surface area contributed by atoms with Crippen LogP contribution in [0.2, 0.25) is 0 Å². The molecule has 1 aliphatic heterocycles. The largest absolute Gasteiger partial charge is 0.381 e. The summed E-state index contributed by atoms with van der Waals surface area (Å²) in [6.45, 7) is 3.62. The van der Waals surface area contributed by atoms with Crippen molar-refractivity contribution in [2.75, 3.05) is 18.5 Å². The molecule has 17 heavy (non-hydrogen) atoms. The van der Waals surface area contributed by atoms with Gasteiger partial charge in [-0.3, -0.25) is 0 Å². The van der Waals surface area contributed by atoms with Gasteiger partial charge in [0.15, 0.2) is 0 Å². The SMILES string of the molecule is Cc1nc(NC2CCOCC2)c2sccc2n1. The molecule has 1 saturated heterocycles. The number of thiophene rings is 1. The fraction of sp³-hybridized carbons (Fsp3) is 0.500. The highest BCUT2D eigenvalue weighted by Crippen LogP contribution is 2.27. The minimum absolute atomic E-state index is 0.475. The van der Waals surface area contributed by atoms with Crippen LogP contribution in [0.3, 0.4) is 0 Å². The molecule has 90 valence electrons. The Balaban J connectivity index is 1.90. The van der Waals surface area contributed by atoms with Crippen molar-refractivity contribution in [2.24, 2.45) is 0 Å². The zero-order valence-corrected chi connectivity index (χ0v) is 10.6. The number of anilines is 1. The molecule has 2 aromatic rings. The van der Waals surface area contributed by atoms with E-state index < -0.39 is 0 Å². The normalized spacial score (nSPS) is 17.5. The molecule has 0 aromatic carbocycles. The summed E-state index contributed by atoms with van der Waals surface area (Å²) in [4.78, 5) is 8.94. The van der Waals surface area contributed by atoms with E-state index >= 15 is 0 Å². The number of fused-ring (bicyclic) bond motifs is 1. The molecule has 0 radical (unpaired) electrons. The molecule has 0 spiro atoms. The van der Waals surface area contributed by atoms with Gasteiger partial charge in [-0.1, -0.05) is 0 Å². The summed E-state index contributed by atoms with van der Waals surface area (Å²) in [6, 6.07) is 2.52. The van der Waals surface area contributed by atoms with Gasteiger partial charge >= 0.3 is 0 Å². The third kappa shape index (κ3) is 2.25. The van der Waals surface area contributed by atoms with Crippen molar-refractivity contribution in [3.05, 3.63) is 17.3 Å². The number of ether oxygens (including phenoxy) is 1. The Labute approximate surface area is 104 Å². The van der Waals surface area contributed by atoms with Crippen molar-refractivity contribution in [1.29, 1.82) is 0 Å². The molecule has 1 fully saturated rings. The minimum Gasteiger partial charge on any atom is -0.381 e. The Hall–Kier alpha value is -1.20. The smallest absolute Gasteiger partial charge is 0.147 e. The van der Waals surface area contributed by atoms with Gasteiger partial charge in [0.25, 0.3) is 0 Å². The molecule has 2 aromatic heterocycles. The van der Waals surface area contributed by atoms with Gasteiger partial charge in [0.1, 0.15) is 11.6 Å². The van der Waals surface area contributed by atoms with Crippen LogP contribution in [0.5, 0.6) is 0 Å². The molecule has 5 heteroatoms. The molecule has 0 amide bonds. The van der Waals surface area contributed by atoms with E-state index in [9.17, 15) is 0 Å². The van der Waals surface area contributed by atoms with Crippen LogP contribution in [0.15, 0.2) is 11.4 Å². The second kappa shape index (κ2) is 4.58. The molecule has 0 atom stereocenters. The lowest BCUT2D eigenvalue weighted by Gasteiger charge is -2.23.